The molecule has 98 valence electrons. The Bertz CT molecular complexity index is 462. The lowest BCUT2D eigenvalue weighted by molar-refractivity contribution is 0.0764. The van der Waals surface area contributed by atoms with Crippen molar-refractivity contribution in [2.24, 2.45) is 0 Å². The second-order valence-corrected chi connectivity index (χ2v) is 5.34. The van der Waals surface area contributed by atoms with Crippen molar-refractivity contribution in [1.82, 2.24) is 9.88 Å². The molecule has 0 aromatic carbocycles. The van der Waals surface area contributed by atoms with Crippen molar-refractivity contribution < 1.29 is 9.90 Å². The average molecular weight is 269 g/mol. The number of nitrogens with zero attached hydrogens (tertiary/aromatic N) is 2. The summed E-state index contributed by atoms with van der Waals surface area (Å²) in [6.45, 7) is 5.01. The number of amides is 1. The van der Waals surface area contributed by atoms with Gasteiger partial charge in [0.15, 0.2) is 0 Å². The summed E-state index contributed by atoms with van der Waals surface area (Å²) in [4.78, 5) is 18.1. The molecule has 1 aliphatic heterocycles. The predicted molar refractivity (Wildman–Crippen MR) is 69.9 cm³/mol. The van der Waals surface area contributed by atoms with Crippen LogP contribution in [0.4, 0.5) is 0 Å². The van der Waals surface area contributed by atoms with Gasteiger partial charge in [-0.2, -0.15) is 0 Å². The van der Waals surface area contributed by atoms with Gasteiger partial charge in [-0.05, 0) is 24.5 Å². The highest BCUT2D eigenvalue weighted by molar-refractivity contribution is 6.29. The van der Waals surface area contributed by atoms with Gasteiger partial charge in [0, 0.05) is 24.3 Å². The zero-order valence-electron chi connectivity index (χ0n) is 10.6. The Morgan fingerprint density at radius 1 is 1.56 bits per heavy atom. The summed E-state index contributed by atoms with van der Waals surface area (Å²) in [5.41, 5.74) is 1.36. The van der Waals surface area contributed by atoms with Crippen molar-refractivity contribution in [2.75, 3.05) is 13.1 Å². The molecule has 1 saturated heterocycles. The van der Waals surface area contributed by atoms with Crippen LogP contribution in [0.25, 0.3) is 0 Å². The Kier molecular flexibility index (Phi) is 3.88. The molecule has 0 bridgehead atoms. The van der Waals surface area contributed by atoms with Crippen LogP contribution in [0.1, 0.15) is 42.2 Å². The summed E-state index contributed by atoms with van der Waals surface area (Å²) < 4.78 is 0. The van der Waals surface area contributed by atoms with Gasteiger partial charge in [-0.1, -0.05) is 25.4 Å². The van der Waals surface area contributed by atoms with Gasteiger partial charge < -0.3 is 10.0 Å². The van der Waals surface area contributed by atoms with E-state index in [1.54, 1.807) is 17.0 Å². The number of rotatable bonds is 2. The van der Waals surface area contributed by atoms with E-state index < -0.39 is 6.10 Å². The molecule has 1 aliphatic rings. The summed E-state index contributed by atoms with van der Waals surface area (Å²) in [6.07, 6.45) is 0.234. The van der Waals surface area contributed by atoms with Crippen LogP contribution >= 0.6 is 11.6 Å². The maximum absolute atomic E-state index is 12.2. The van der Waals surface area contributed by atoms with Gasteiger partial charge >= 0.3 is 0 Å². The molecule has 18 heavy (non-hydrogen) atoms. The lowest BCUT2D eigenvalue weighted by Crippen LogP contribution is -2.29. The number of carbonyl (C=O) groups is 1. The molecular formula is C13H17ClN2O2. The standard InChI is InChI=1S/C13H17ClN2O2/c1-8(2)11-5-9(6-12(14)15-11)13(18)16-4-3-10(17)7-16/h5-6,8,10,17H,3-4,7H2,1-2H3/t10-/m0/s1. The summed E-state index contributed by atoms with van der Waals surface area (Å²) in [6, 6.07) is 3.37. The number of hydrogen-bond acceptors (Lipinski definition) is 3. The third kappa shape index (κ3) is 2.82. The monoisotopic (exact) mass is 268 g/mol. The first kappa shape index (κ1) is 13.3. The molecule has 0 radical (unpaired) electrons. The first-order chi connectivity index (χ1) is 8.47. The van der Waals surface area contributed by atoms with Crippen LogP contribution in [0, 0.1) is 0 Å². The van der Waals surface area contributed by atoms with E-state index in [4.69, 9.17) is 11.6 Å². The molecule has 1 amide bonds. The summed E-state index contributed by atoms with van der Waals surface area (Å²) in [7, 11) is 0. The van der Waals surface area contributed by atoms with Crippen LogP contribution in [0.15, 0.2) is 12.1 Å². The van der Waals surface area contributed by atoms with Crippen LogP contribution < -0.4 is 0 Å². The SMILES string of the molecule is CC(C)c1cc(C(=O)N2CC[C@H](O)C2)cc(Cl)n1. The van der Waals surface area contributed by atoms with Crippen LogP contribution in [-0.4, -0.2) is 40.1 Å². The van der Waals surface area contributed by atoms with Crippen molar-refractivity contribution in [3.63, 3.8) is 0 Å². The Morgan fingerprint density at radius 2 is 2.28 bits per heavy atom. The number of carbonyl (C=O) groups excluding carboxylic acids is 1. The Hall–Kier alpha value is -1.13. The maximum Gasteiger partial charge on any atom is 0.254 e. The van der Waals surface area contributed by atoms with E-state index in [1.807, 2.05) is 13.8 Å². The minimum Gasteiger partial charge on any atom is -0.391 e. The van der Waals surface area contributed by atoms with Gasteiger partial charge in [-0.3, -0.25) is 4.79 Å². The van der Waals surface area contributed by atoms with E-state index in [1.165, 1.54) is 0 Å². The van der Waals surface area contributed by atoms with Crippen molar-refractivity contribution in [2.45, 2.75) is 32.3 Å². The van der Waals surface area contributed by atoms with Gasteiger partial charge in [0.2, 0.25) is 0 Å². The summed E-state index contributed by atoms with van der Waals surface area (Å²) >= 11 is 5.94. The largest absolute Gasteiger partial charge is 0.391 e. The molecule has 1 aromatic rings. The van der Waals surface area contributed by atoms with Crippen LogP contribution in [0.2, 0.25) is 5.15 Å². The summed E-state index contributed by atoms with van der Waals surface area (Å²) in [5, 5.41) is 9.80. The summed E-state index contributed by atoms with van der Waals surface area (Å²) in [5.74, 6) is 0.136. The molecule has 1 atom stereocenters. The molecule has 0 unspecified atom stereocenters. The van der Waals surface area contributed by atoms with E-state index in [0.717, 1.165) is 5.69 Å². The number of pyridine rings is 1. The van der Waals surface area contributed by atoms with Crippen molar-refractivity contribution in [3.8, 4) is 0 Å². The minimum absolute atomic E-state index is 0.0854. The third-order valence-electron chi connectivity index (χ3n) is 3.10. The number of hydrogen-bond donors (Lipinski definition) is 1. The molecule has 5 heteroatoms. The topological polar surface area (TPSA) is 53.4 Å². The highest BCUT2D eigenvalue weighted by atomic mass is 35.5. The number of aliphatic hydroxyl groups is 1. The third-order valence-corrected chi connectivity index (χ3v) is 3.30. The van der Waals surface area contributed by atoms with Crippen LogP contribution in [0.5, 0.6) is 0 Å². The zero-order valence-corrected chi connectivity index (χ0v) is 11.3. The molecule has 1 aromatic heterocycles. The quantitative estimate of drug-likeness (QED) is 0.836. The highest BCUT2D eigenvalue weighted by Gasteiger charge is 2.26. The molecule has 2 rings (SSSR count). The van der Waals surface area contributed by atoms with E-state index in [0.29, 0.717) is 30.2 Å². The lowest BCUT2D eigenvalue weighted by atomic mass is 10.1. The second-order valence-electron chi connectivity index (χ2n) is 4.95. The average Bonchev–Trinajstić information content (AvgIpc) is 2.74. The fourth-order valence-corrected chi connectivity index (χ4v) is 2.26. The first-order valence-electron chi connectivity index (χ1n) is 6.12. The number of halogens is 1. The molecular weight excluding hydrogens is 252 g/mol. The zero-order chi connectivity index (χ0) is 13.3. The molecule has 2 heterocycles. The normalized spacial score (nSPS) is 19.6. The van der Waals surface area contributed by atoms with Crippen LogP contribution in [-0.2, 0) is 0 Å². The molecule has 0 saturated carbocycles. The molecule has 0 spiro atoms. The van der Waals surface area contributed by atoms with Gasteiger partial charge in [-0.25, -0.2) is 4.98 Å². The highest BCUT2D eigenvalue weighted by Crippen LogP contribution is 2.20. The lowest BCUT2D eigenvalue weighted by Gasteiger charge is -2.16. The van der Waals surface area contributed by atoms with Gasteiger partial charge in [0.25, 0.3) is 5.91 Å². The molecule has 0 aliphatic carbocycles. The predicted octanol–water partition coefficient (Wildman–Crippen LogP) is 2.07. The van der Waals surface area contributed by atoms with E-state index >= 15 is 0 Å². The first-order valence-corrected chi connectivity index (χ1v) is 6.50. The van der Waals surface area contributed by atoms with Crippen molar-refractivity contribution in [1.29, 1.82) is 0 Å². The Morgan fingerprint density at radius 3 is 2.83 bits per heavy atom. The number of aliphatic hydroxyl groups excluding tert-OH is 1. The van der Waals surface area contributed by atoms with Crippen LogP contribution in [0.3, 0.4) is 0 Å². The van der Waals surface area contributed by atoms with E-state index in [2.05, 4.69) is 4.98 Å². The molecule has 4 nitrogen and oxygen atoms in total. The Labute approximate surface area is 112 Å². The number of β-amino-alcohol motifs (C(OH)–C–C–N with tert-alkyl or cyclic N) is 1. The van der Waals surface area contributed by atoms with Crippen molar-refractivity contribution >= 4 is 17.5 Å². The second kappa shape index (κ2) is 5.24. The number of aromatic nitrogens is 1. The van der Waals surface area contributed by atoms with E-state index in [9.17, 15) is 9.90 Å². The maximum atomic E-state index is 12.2. The molecule has 1 fully saturated rings. The number of likely N-dealkylation sites (tertiary alicyclic amines) is 1. The van der Waals surface area contributed by atoms with Gasteiger partial charge in [-0.15, -0.1) is 0 Å². The van der Waals surface area contributed by atoms with Gasteiger partial charge in [0.1, 0.15) is 5.15 Å². The fraction of sp³-hybridized carbons (Fsp3) is 0.538. The fourth-order valence-electron chi connectivity index (χ4n) is 2.05. The van der Waals surface area contributed by atoms with Gasteiger partial charge in [0.05, 0.1) is 6.10 Å². The smallest absolute Gasteiger partial charge is 0.254 e. The Balaban J connectivity index is 2.24. The van der Waals surface area contributed by atoms with Crippen molar-refractivity contribution in [3.05, 3.63) is 28.5 Å². The minimum atomic E-state index is -0.407. The molecule has 1 N–H and O–H groups in total. The van der Waals surface area contributed by atoms with E-state index in [-0.39, 0.29) is 11.8 Å².